The highest BCUT2D eigenvalue weighted by atomic mass is 32.2. The van der Waals surface area contributed by atoms with Gasteiger partial charge in [0.2, 0.25) is 10.0 Å². The summed E-state index contributed by atoms with van der Waals surface area (Å²) in [6.07, 6.45) is 1.91. The summed E-state index contributed by atoms with van der Waals surface area (Å²) >= 11 is 0. The molecule has 0 radical (unpaired) electrons. The summed E-state index contributed by atoms with van der Waals surface area (Å²) in [7, 11) is -3.68. The van der Waals surface area contributed by atoms with Gasteiger partial charge in [0.1, 0.15) is 17.2 Å². The van der Waals surface area contributed by atoms with Crippen LogP contribution < -0.4 is 4.72 Å². The Bertz CT molecular complexity index is 858. The molecule has 2 heterocycles. The summed E-state index contributed by atoms with van der Waals surface area (Å²) in [6.45, 7) is 4.28. The lowest BCUT2D eigenvalue weighted by atomic mass is 10.1. The molecule has 1 atom stereocenters. The Balaban J connectivity index is 1.66. The van der Waals surface area contributed by atoms with E-state index >= 15 is 0 Å². The first-order chi connectivity index (χ1) is 12.8. The maximum atomic E-state index is 14.3. The van der Waals surface area contributed by atoms with E-state index < -0.39 is 21.4 Å². The number of hydrogen-bond donors (Lipinski definition) is 1. The van der Waals surface area contributed by atoms with Gasteiger partial charge < -0.3 is 13.9 Å². The van der Waals surface area contributed by atoms with Crippen LogP contribution in [0.1, 0.15) is 25.8 Å². The van der Waals surface area contributed by atoms with Crippen molar-refractivity contribution < 1.29 is 26.7 Å². The van der Waals surface area contributed by atoms with E-state index in [2.05, 4.69) is 4.72 Å². The van der Waals surface area contributed by atoms with Gasteiger partial charge in [-0.05, 0) is 32.0 Å². The summed E-state index contributed by atoms with van der Waals surface area (Å²) in [6, 6.07) is 8.03. The highest BCUT2D eigenvalue weighted by Gasteiger charge is 2.41. The minimum Gasteiger partial charge on any atom is -0.464 e. The molecule has 1 unspecified atom stereocenters. The molecule has 0 amide bonds. The van der Waals surface area contributed by atoms with Crippen molar-refractivity contribution in [1.29, 1.82) is 0 Å². The van der Waals surface area contributed by atoms with E-state index in [1.807, 2.05) is 13.8 Å². The molecule has 1 saturated heterocycles. The van der Waals surface area contributed by atoms with Gasteiger partial charge in [-0.25, -0.2) is 17.5 Å². The van der Waals surface area contributed by atoms with Crippen LogP contribution in [0, 0.1) is 5.82 Å². The second-order valence-electron chi connectivity index (χ2n) is 7.02. The van der Waals surface area contributed by atoms with Crippen molar-refractivity contribution in [1.82, 2.24) is 4.72 Å². The van der Waals surface area contributed by atoms with Crippen molar-refractivity contribution in [3.8, 4) is 11.3 Å². The molecule has 0 aliphatic carbocycles. The molecule has 1 N–H and O–H groups in total. The summed E-state index contributed by atoms with van der Waals surface area (Å²) in [5, 5.41) is 0. The lowest BCUT2D eigenvalue weighted by Crippen LogP contribution is -2.45. The van der Waals surface area contributed by atoms with Gasteiger partial charge in [-0.3, -0.25) is 0 Å². The molecule has 3 rings (SSSR count). The molecule has 6 nitrogen and oxygen atoms in total. The Morgan fingerprint density at radius 2 is 2.15 bits per heavy atom. The van der Waals surface area contributed by atoms with Crippen molar-refractivity contribution >= 4 is 10.0 Å². The van der Waals surface area contributed by atoms with Crippen LogP contribution in [0.4, 0.5) is 4.39 Å². The molecular weight excluding hydrogens is 373 g/mol. The van der Waals surface area contributed by atoms with E-state index in [0.29, 0.717) is 24.4 Å². The first-order valence-corrected chi connectivity index (χ1v) is 10.5. The summed E-state index contributed by atoms with van der Waals surface area (Å²) in [5.74, 6) is -0.163. The quantitative estimate of drug-likeness (QED) is 0.741. The van der Waals surface area contributed by atoms with Crippen LogP contribution in [0.25, 0.3) is 11.3 Å². The van der Waals surface area contributed by atoms with Gasteiger partial charge in [-0.15, -0.1) is 0 Å². The van der Waals surface area contributed by atoms with Gasteiger partial charge in [-0.1, -0.05) is 12.1 Å². The van der Waals surface area contributed by atoms with E-state index in [-0.39, 0.29) is 30.6 Å². The molecule has 1 aromatic heterocycles. The van der Waals surface area contributed by atoms with E-state index in [4.69, 9.17) is 13.9 Å². The molecule has 0 saturated carbocycles. The summed E-state index contributed by atoms with van der Waals surface area (Å²) < 4.78 is 58.3. The third-order valence-corrected chi connectivity index (χ3v) is 5.84. The minimum atomic E-state index is -3.68. The van der Waals surface area contributed by atoms with Gasteiger partial charge in [0.05, 0.1) is 24.7 Å². The standard InChI is InChI=1S/C19H24FNO5S/c1-14(2)26-19(7-9-24-12-19)13-27(22,23)21-11-16-6-5-15(10-17(16)20)18-4-3-8-25-18/h3-6,8,10,14,21H,7,9,11-13H2,1-2H3. The zero-order chi connectivity index (χ0) is 19.5. The third kappa shape index (κ3) is 5.16. The van der Waals surface area contributed by atoms with Crippen LogP contribution >= 0.6 is 0 Å². The molecular formula is C19H24FNO5S. The fourth-order valence-electron chi connectivity index (χ4n) is 3.20. The number of ether oxygens (including phenoxy) is 2. The monoisotopic (exact) mass is 397 g/mol. The molecule has 8 heteroatoms. The molecule has 27 heavy (non-hydrogen) atoms. The normalized spacial score (nSPS) is 20.4. The predicted octanol–water partition coefficient (Wildman–Crippen LogP) is 3.09. The number of benzene rings is 1. The Morgan fingerprint density at radius 3 is 2.74 bits per heavy atom. The van der Waals surface area contributed by atoms with Crippen LogP contribution in [0.3, 0.4) is 0 Å². The average Bonchev–Trinajstić information content (AvgIpc) is 3.25. The number of rotatable bonds is 8. The smallest absolute Gasteiger partial charge is 0.214 e. The van der Waals surface area contributed by atoms with Crippen LogP contribution in [-0.2, 0) is 26.0 Å². The molecule has 2 aromatic rings. The number of hydrogen-bond acceptors (Lipinski definition) is 5. The van der Waals surface area contributed by atoms with Gasteiger partial charge in [-0.2, -0.15) is 0 Å². The van der Waals surface area contributed by atoms with E-state index in [1.165, 1.54) is 12.3 Å². The van der Waals surface area contributed by atoms with Crippen LogP contribution in [0.15, 0.2) is 41.0 Å². The molecule has 0 spiro atoms. The number of furan rings is 1. The maximum absolute atomic E-state index is 14.3. The van der Waals surface area contributed by atoms with E-state index in [9.17, 15) is 12.8 Å². The van der Waals surface area contributed by atoms with Gasteiger partial charge >= 0.3 is 0 Å². The first-order valence-electron chi connectivity index (χ1n) is 8.84. The van der Waals surface area contributed by atoms with E-state index in [1.54, 1.807) is 24.3 Å². The number of halogens is 1. The summed E-state index contributed by atoms with van der Waals surface area (Å²) in [4.78, 5) is 0. The first kappa shape index (κ1) is 20.0. The van der Waals surface area contributed by atoms with Gasteiger partial charge in [0, 0.05) is 30.7 Å². The van der Waals surface area contributed by atoms with Crippen LogP contribution in [0.2, 0.25) is 0 Å². The van der Waals surface area contributed by atoms with Gasteiger partial charge in [0.25, 0.3) is 0 Å². The third-order valence-electron chi connectivity index (χ3n) is 4.35. The maximum Gasteiger partial charge on any atom is 0.214 e. The topological polar surface area (TPSA) is 77.8 Å². The van der Waals surface area contributed by atoms with Crippen LogP contribution in [0.5, 0.6) is 0 Å². The van der Waals surface area contributed by atoms with Crippen molar-refractivity contribution in [3.63, 3.8) is 0 Å². The Hall–Kier alpha value is -1.74. The SMILES string of the molecule is CC(C)OC1(CS(=O)(=O)NCc2ccc(-c3ccco3)cc2F)CCOC1. The van der Waals surface area contributed by atoms with Crippen molar-refractivity contribution in [2.45, 2.75) is 38.5 Å². The summed E-state index contributed by atoms with van der Waals surface area (Å²) in [5.41, 5.74) is -0.00584. The average molecular weight is 397 g/mol. The fraction of sp³-hybridized carbons (Fsp3) is 0.474. The molecule has 1 aliphatic heterocycles. The molecule has 1 fully saturated rings. The Kier molecular flexibility index (Phi) is 6.00. The molecule has 148 valence electrons. The molecule has 0 bridgehead atoms. The lowest BCUT2D eigenvalue weighted by Gasteiger charge is -2.29. The zero-order valence-corrected chi connectivity index (χ0v) is 16.2. The van der Waals surface area contributed by atoms with Crippen LogP contribution in [-0.4, -0.2) is 39.1 Å². The zero-order valence-electron chi connectivity index (χ0n) is 15.4. The highest BCUT2D eigenvalue weighted by molar-refractivity contribution is 7.89. The minimum absolute atomic E-state index is 0.117. The van der Waals surface area contributed by atoms with Crippen molar-refractivity contribution in [3.05, 3.63) is 48.0 Å². The second-order valence-corrected chi connectivity index (χ2v) is 8.82. The van der Waals surface area contributed by atoms with Crippen molar-refractivity contribution in [2.24, 2.45) is 0 Å². The fourth-order valence-corrected chi connectivity index (χ4v) is 4.67. The Morgan fingerprint density at radius 1 is 1.33 bits per heavy atom. The highest BCUT2D eigenvalue weighted by Crippen LogP contribution is 2.27. The van der Waals surface area contributed by atoms with E-state index in [0.717, 1.165) is 0 Å². The molecule has 1 aliphatic rings. The largest absolute Gasteiger partial charge is 0.464 e. The van der Waals surface area contributed by atoms with Gasteiger partial charge in [0.15, 0.2) is 0 Å². The Labute approximate surface area is 158 Å². The van der Waals surface area contributed by atoms with Crippen molar-refractivity contribution in [2.75, 3.05) is 19.0 Å². The number of nitrogens with one attached hydrogen (secondary N) is 1. The predicted molar refractivity (Wildman–Crippen MR) is 99.1 cm³/mol. The lowest BCUT2D eigenvalue weighted by molar-refractivity contribution is -0.0671. The second kappa shape index (κ2) is 8.10. The molecule has 1 aromatic carbocycles. The number of sulfonamides is 1.